The quantitative estimate of drug-likeness (QED) is 0.638. The molecule has 2 aromatic rings. The van der Waals surface area contributed by atoms with Crippen LogP contribution in [0.1, 0.15) is 18.1 Å². The standard InChI is InChI=1S/C16H16Br2O/c1-16(12-17,14-9-5-6-10-15(14)18)19-11-13-7-3-2-4-8-13/h2-10H,11-12H2,1H3. The minimum absolute atomic E-state index is 0.351. The van der Waals surface area contributed by atoms with Crippen molar-refractivity contribution in [3.8, 4) is 0 Å². The Morgan fingerprint density at radius 1 is 1.00 bits per heavy atom. The maximum Gasteiger partial charge on any atom is 0.101 e. The minimum atomic E-state index is -0.351. The Balaban J connectivity index is 2.17. The predicted octanol–water partition coefficient (Wildman–Crippen LogP) is 5.28. The zero-order chi connectivity index (χ0) is 13.7. The number of benzene rings is 2. The molecule has 2 aromatic carbocycles. The van der Waals surface area contributed by atoms with E-state index >= 15 is 0 Å². The molecular weight excluding hydrogens is 368 g/mol. The topological polar surface area (TPSA) is 9.23 Å². The molecule has 0 saturated carbocycles. The molecule has 0 saturated heterocycles. The molecule has 0 amide bonds. The fraction of sp³-hybridized carbons (Fsp3) is 0.250. The smallest absolute Gasteiger partial charge is 0.101 e. The van der Waals surface area contributed by atoms with Crippen LogP contribution < -0.4 is 0 Å². The average molecular weight is 384 g/mol. The summed E-state index contributed by atoms with van der Waals surface area (Å²) in [4.78, 5) is 0. The Labute approximate surface area is 131 Å². The van der Waals surface area contributed by atoms with Gasteiger partial charge in [0.15, 0.2) is 0 Å². The molecule has 0 spiro atoms. The summed E-state index contributed by atoms with van der Waals surface area (Å²) in [6, 6.07) is 18.4. The predicted molar refractivity (Wildman–Crippen MR) is 86.5 cm³/mol. The third-order valence-electron chi connectivity index (χ3n) is 3.10. The zero-order valence-corrected chi connectivity index (χ0v) is 13.9. The molecule has 0 fully saturated rings. The van der Waals surface area contributed by atoms with Crippen molar-refractivity contribution in [1.82, 2.24) is 0 Å². The normalized spacial score (nSPS) is 14.1. The van der Waals surface area contributed by atoms with Crippen LogP contribution in [0.15, 0.2) is 59.1 Å². The highest BCUT2D eigenvalue weighted by atomic mass is 79.9. The molecule has 0 heterocycles. The molecule has 0 aliphatic rings. The van der Waals surface area contributed by atoms with Crippen LogP contribution in [0.5, 0.6) is 0 Å². The van der Waals surface area contributed by atoms with Crippen LogP contribution in [0.3, 0.4) is 0 Å². The van der Waals surface area contributed by atoms with Gasteiger partial charge in [0, 0.05) is 9.80 Å². The van der Waals surface area contributed by atoms with E-state index in [1.54, 1.807) is 0 Å². The van der Waals surface area contributed by atoms with Crippen LogP contribution in [0.4, 0.5) is 0 Å². The van der Waals surface area contributed by atoms with Crippen molar-refractivity contribution >= 4 is 31.9 Å². The van der Waals surface area contributed by atoms with Crippen LogP contribution in [-0.2, 0) is 16.9 Å². The number of hydrogen-bond acceptors (Lipinski definition) is 1. The fourth-order valence-corrected chi connectivity index (χ4v) is 3.06. The van der Waals surface area contributed by atoms with Gasteiger partial charge in [0.25, 0.3) is 0 Å². The van der Waals surface area contributed by atoms with Crippen LogP contribution in [0.25, 0.3) is 0 Å². The van der Waals surface area contributed by atoms with Gasteiger partial charge in [-0.2, -0.15) is 0 Å². The SMILES string of the molecule is CC(CBr)(OCc1ccccc1)c1ccccc1Br. The summed E-state index contributed by atoms with van der Waals surface area (Å²) >= 11 is 7.17. The summed E-state index contributed by atoms with van der Waals surface area (Å²) < 4.78 is 7.23. The van der Waals surface area contributed by atoms with E-state index in [1.165, 1.54) is 5.56 Å². The highest BCUT2D eigenvalue weighted by molar-refractivity contribution is 9.10. The Morgan fingerprint density at radius 2 is 1.63 bits per heavy atom. The molecule has 0 aromatic heterocycles. The molecule has 0 N–H and O–H groups in total. The lowest BCUT2D eigenvalue weighted by molar-refractivity contribution is -0.0294. The maximum atomic E-state index is 6.15. The average Bonchev–Trinajstić information content (AvgIpc) is 2.46. The Morgan fingerprint density at radius 3 is 2.26 bits per heavy atom. The number of ether oxygens (including phenoxy) is 1. The van der Waals surface area contributed by atoms with E-state index in [1.807, 2.05) is 36.4 Å². The first kappa shape index (κ1) is 14.8. The van der Waals surface area contributed by atoms with E-state index in [0.717, 1.165) is 15.4 Å². The summed E-state index contributed by atoms with van der Waals surface area (Å²) in [7, 11) is 0. The van der Waals surface area contributed by atoms with Crippen molar-refractivity contribution in [3.05, 3.63) is 70.2 Å². The summed E-state index contributed by atoms with van der Waals surface area (Å²) in [6.07, 6.45) is 0. The number of hydrogen-bond donors (Lipinski definition) is 0. The second-order valence-electron chi connectivity index (χ2n) is 4.62. The van der Waals surface area contributed by atoms with Gasteiger partial charge in [-0.1, -0.05) is 80.4 Å². The number of halogens is 2. The molecule has 0 radical (unpaired) electrons. The van der Waals surface area contributed by atoms with Gasteiger partial charge >= 0.3 is 0 Å². The summed E-state index contributed by atoms with van der Waals surface area (Å²) in [6.45, 7) is 2.70. The Hall–Kier alpha value is -0.640. The summed E-state index contributed by atoms with van der Waals surface area (Å²) in [5.41, 5.74) is 1.99. The molecule has 1 nitrogen and oxygen atoms in total. The van der Waals surface area contributed by atoms with E-state index in [2.05, 4.69) is 57.0 Å². The highest BCUT2D eigenvalue weighted by Gasteiger charge is 2.28. The van der Waals surface area contributed by atoms with Gasteiger partial charge in [0.2, 0.25) is 0 Å². The number of rotatable bonds is 5. The molecule has 1 atom stereocenters. The van der Waals surface area contributed by atoms with Gasteiger partial charge in [0.05, 0.1) is 6.61 Å². The fourth-order valence-electron chi connectivity index (χ4n) is 1.90. The molecule has 3 heteroatoms. The lowest BCUT2D eigenvalue weighted by atomic mass is 9.98. The summed E-state index contributed by atoms with van der Waals surface area (Å²) in [5, 5.41) is 0.745. The lowest BCUT2D eigenvalue weighted by Gasteiger charge is -2.29. The molecule has 19 heavy (non-hydrogen) atoms. The molecular formula is C16H16Br2O. The van der Waals surface area contributed by atoms with Crippen molar-refractivity contribution in [2.75, 3.05) is 5.33 Å². The van der Waals surface area contributed by atoms with E-state index in [9.17, 15) is 0 Å². The number of alkyl halides is 1. The Bertz CT molecular complexity index is 527. The van der Waals surface area contributed by atoms with E-state index < -0.39 is 0 Å². The van der Waals surface area contributed by atoms with Gasteiger partial charge in [-0.3, -0.25) is 0 Å². The van der Waals surface area contributed by atoms with Crippen molar-refractivity contribution in [2.45, 2.75) is 19.1 Å². The first-order valence-electron chi connectivity index (χ1n) is 6.14. The van der Waals surface area contributed by atoms with Crippen molar-refractivity contribution in [1.29, 1.82) is 0 Å². The second-order valence-corrected chi connectivity index (χ2v) is 6.03. The van der Waals surface area contributed by atoms with Crippen molar-refractivity contribution in [3.63, 3.8) is 0 Å². The lowest BCUT2D eigenvalue weighted by Crippen LogP contribution is -2.28. The third kappa shape index (κ3) is 3.68. The summed E-state index contributed by atoms with van der Waals surface area (Å²) in [5.74, 6) is 0. The molecule has 0 bridgehead atoms. The monoisotopic (exact) mass is 382 g/mol. The van der Waals surface area contributed by atoms with Crippen molar-refractivity contribution < 1.29 is 4.74 Å². The van der Waals surface area contributed by atoms with Gasteiger partial charge in [-0.25, -0.2) is 0 Å². The molecule has 0 aliphatic heterocycles. The second kappa shape index (κ2) is 6.69. The molecule has 0 aliphatic carbocycles. The van der Waals surface area contributed by atoms with E-state index in [-0.39, 0.29) is 5.60 Å². The first-order valence-corrected chi connectivity index (χ1v) is 8.06. The Kier molecular flexibility index (Phi) is 5.20. The maximum absolute atomic E-state index is 6.15. The highest BCUT2D eigenvalue weighted by Crippen LogP contribution is 2.33. The van der Waals surface area contributed by atoms with Gasteiger partial charge in [-0.05, 0) is 24.1 Å². The zero-order valence-electron chi connectivity index (χ0n) is 10.8. The van der Waals surface area contributed by atoms with Crippen LogP contribution >= 0.6 is 31.9 Å². The minimum Gasteiger partial charge on any atom is -0.365 e. The van der Waals surface area contributed by atoms with Gasteiger partial charge in [-0.15, -0.1) is 0 Å². The largest absolute Gasteiger partial charge is 0.365 e. The third-order valence-corrected chi connectivity index (χ3v) is 4.86. The van der Waals surface area contributed by atoms with Gasteiger partial charge in [0.1, 0.15) is 5.60 Å². The van der Waals surface area contributed by atoms with E-state index in [4.69, 9.17) is 4.74 Å². The van der Waals surface area contributed by atoms with E-state index in [0.29, 0.717) is 6.61 Å². The first-order chi connectivity index (χ1) is 9.15. The molecule has 2 rings (SSSR count). The van der Waals surface area contributed by atoms with Crippen LogP contribution in [-0.4, -0.2) is 5.33 Å². The van der Waals surface area contributed by atoms with Crippen LogP contribution in [0.2, 0.25) is 0 Å². The van der Waals surface area contributed by atoms with Crippen LogP contribution in [0, 0.1) is 0 Å². The molecule has 1 unspecified atom stereocenters. The van der Waals surface area contributed by atoms with Crippen molar-refractivity contribution in [2.24, 2.45) is 0 Å². The van der Waals surface area contributed by atoms with Gasteiger partial charge < -0.3 is 4.74 Å². The molecule has 100 valence electrons.